The molecule has 0 bridgehead atoms. The Morgan fingerprint density at radius 1 is 0.714 bits per heavy atom. The molecule has 0 aromatic heterocycles. The van der Waals surface area contributed by atoms with Gasteiger partial charge in [-0.25, -0.2) is 21.5 Å². The van der Waals surface area contributed by atoms with Gasteiger partial charge in [0, 0.05) is 0 Å². The second kappa shape index (κ2) is 10.8. The summed E-state index contributed by atoms with van der Waals surface area (Å²) in [5.74, 6) is 0. The fourth-order valence-corrected chi connectivity index (χ4v) is 10.8. The van der Waals surface area contributed by atoms with Crippen LogP contribution in [0.25, 0.3) is 0 Å². The van der Waals surface area contributed by atoms with Crippen molar-refractivity contribution < 1.29 is 50.7 Å². The molecule has 0 atom stereocenters. The van der Waals surface area contributed by atoms with E-state index in [2.05, 4.69) is 81.4 Å². The minimum atomic E-state index is -1.79. The summed E-state index contributed by atoms with van der Waals surface area (Å²) >= 11 is 0. The van der Waals surface area contributed by atoms with Gasteiger partial charge in [0.2, 0.25) is 0 Å². The molecule has 156 valence electrons. The molecule has 0 saturated carbocycles. The molecule has 0 fully saturated rings. The topological polar surface area (TPSA) is 0 Å². The maximum absolute atomic E-state index is 3.72. The van der Waals surface area contributed by atoms with Gasteiger partial charge < -0.3 is 24.8 Å². The van der Waals surface area contributed by atoms with E-state index >= 15 is 0 Å². The minimum absolute atomic E-state index is 0. The van der Waals surface area contributed by atoms with Gasteiger partial charge in [-0.2, -0.15) is 11.1 Å². The SMILES string of the molecule is CC[Si](CC)(C1=C(C(C)(C)C)C[C-]=C1C)C1=C(C(C)(C)C)C[C-]=C1C.[Cl-].[Cl-].[Hf+4]. The number of hydrogen-bond acceptors (Lipinski definition) is 0. The molecule has 4 heteroatoms. The Bertz CT molecular complexity index is 622. The Morgan fingerprint density at radius 2 is 1.00 bits per heavy atom. The van der Waals surface area contributed by atoms with Gasteiger partial charge in [0.25, 0.3) is 0 Å². The largest absolute Gasteiger partial charge is 4.00 e. The van der Waals surface area contributed by atoms with Crippen LogP contribution in [0.2, 0.25) is 12.1 Å². The monoisotopic (exact) mass is 604 g/mol. The van der Waals surface area contributed by atoms with Gasteiger partial charge >= 0.3 is 25.8 Å². The molecule has 2 aliphatic carbocycles. The molecule has 0 saturated heterocycles. The Labute approximate surface area is 207 Å². The van der Waals surface area contributed by atoms with E-state index in [0.717, 1.165) is 12.8 Å². The number of rotatable bonds is 4. The smallest absolute Gasteiger partial charge is 1.00 e. The third kappa shape index (κ3) is 5.45. The third-order valence-electron chi connectivity index (χ3n) is 6.39. The summed E-state index contributed by atoms with van der Waals surface area (Å²) < 4.78 is 0. The van der Waals surface area contributed by atoms with Gasteiger partial charge in [0.15, 0.2) is 0 Å². The molecule has 28 heavy (non-hydrogen) atoms. The van der Waals surface area contributed by atoms with Crippen LogP contribution in [0.15, 0.2) is 32.7 Å². The van der Waals surface area contributed by atoms with E-state index in [4.69, 9.17) is 0 Å². The van der Waals surface area contributed by atoms with E-state index in [1.54, 1.807) is 21.5 Å². The zero-order valence-electron chi connectivity index (χ0n) is 19.6. The minimum Gasteiger partial charge on any atom is -1.00 e. The molecule has 0 heterocycles. The van der Waals surface area contributed by atoms with Crippen LogP contribution in [0.3, 0.4) is 0 Å². The van der Waals surface area contributed by atoms with Crippen molar-refractivity contribution in [1.29, 1.82) is 0 Å². The van der Waals surface area contributed by atoms with Gasteiger partial charge in [-0.1, -0.05) is 89.4 Å². The Hall–Kier alpha value is 0.627. The third-order valence-corrected chi connectivity index (χ3v) is 12.1. The van der Waals surface area contributed by atoms with Crippen LogP contribution in [0.1, 0.15) is 82.1 Å². The van der Waals surface area contributed by atoms with Gasteiger partial charge in [-0.05, 0) is 10.8 Å². The molecule has 0 amide bonds. The van der Waals surface area contributed by atoms with Crippen molar-refractivity contribution in [3.05, 3.63) is 44.8 Å². The van der Waals surface area contributed by atoms with Gasteiger partial charge in [0.05, 0.1) is 0 Å². The first-order valence-corrected chi connectivity index (χ1v) is 12.4. The summed E-state index contributed by atoms with van der Waals surface area (Å²) in [5, 5.41) is 3.45. The van der Waals surface area contributed by atoms with E-state index in [-0.39, 0.29) is 61.5 Å². The van der Waals surface area contributed by atoms with Crippen molar-refractivity contribution in [2.24, 2.45) is 10.8 Å². The van der Waals surface area contributed by atoms with Gasteiger partial charge in [-0.15, -0.1) is 12.8 Å². The normalized spacial score (nSPS) is 17.6. The van der Waals surface area contributed by atoms with Crippen LogP contribution < -0.4 is 24.8 Å². The van der Waals surface area contributed by atoms with Crippen molar-refractivity contribution in [2.45, 2.75) is 94.2 Å². The van der Waals surface area contributed by atoms with E-state index in [9.17, 15) is 0 Å². The first kappa shape index (κ1) is 30.8. The number of halogens is 2. The molecule has 0 spiro atoms. The standard InChI is InChI=1S/C24H38Si.2ClH.Hf/c1-11-25(12-2,21-17(3)13-15-19(21)23(5,6)7)22-18(4)14-16-20(22)24(8,9)10;;;/h11-12,15-16H2,1-10H3;2*1H;/q-2;;;+4/p-2. The molecule has 0 aromatic rings. The number of hydrogen-bond donors (Lipinski definition) is 0. The van der Waals surface area contributed by atoms with Crippen molar-refractivity contribution >= 4 is 8.07 Å². The second-order valence-electron chi connectivity index (χ2n) is 9.95. The molecule has 2 rings (SSSR count). The fraction of sp³-hybridized carbons (Fsp3) is 0.667. The average molecular weight is 604 g/mol. The predicted molar refractivity (Wildman–Crippen MR) is 114 cm³/mol. The maximum Gasteiger partial charge on any atom is 4.00 e. The summed E-state index contributed by atoms with van der Waals surface area (Å²) in [4.78, 5) is 0. The summed E-state index contributed by atoms with van der Waals surface area (Å²) in [5.41, 5.74) is 6.65. The molecule has 0 radical (unpaired) electrons. The Kier molecular flexibility index (Phi) is 11.9. The van der Waals surface area contributed by atoms with Crippen LogP contribution in [-0.2, 0) is 25.8 Å². The van der Waals surface area contributed by atoms with Crippen LogP contribution in [-0.4, -0.2) is 8.07 Å². The van der Waals surface area contributed by atoms with Crippen molar-refractivity contribution in [2.75, 3.05) is 0 Å². The van der Waals surface area contributed by atoms with E-state index in [1.165, 1.54) is 23.2 Å². The molecular weight excluding hydrogens is 566 g/mol. The first-order chi connectivity index (χ1) is 11.4. The van der Waals surface area contributed by atoms with E-state index in [0.29, 0.717) is 0 Å². The maximum atomic E-state index is 3.72. The molecule has 0 nitrogen and oxygen atoms in total. The van der Waals surface area contributed by atoms with Crippen LogP contribution in [0.5, 0.6) is 0 Å². The molecule has 0 unspecified atom stereocenters. The average Bonchev–Trinajstić information content (AvgIpc) is 3.06. The molecule has 2 aliphatic rings. The van der Waals surface area contributed by atoms with Crippen LogP contribution >= 0.6 is 0 Å². The van der Waals surface area contributed by atoms with Crippen LogP contribution in [0.4, 0.5) is 0 Å². The second-order valence-corrected chi connectivity index (χ2v) is 14.5. The van der Waals surface area contributed by atoms with Gasteiger partial charge in [-0.3, -0.25) is 12.2 Å². The van der Waals surface area contributed by atoms with E-state index in [1.807, 2.05) is 0 Å². The Morgan fingerprint density at radius 3 is 1.21 bits per heavy atom. The summed E-state index contributed by atoms with van der Waals surface area (Å²) in [6, 6.07) is 2.57. The van der Waals surface area contributed by atoms with Crippen molar-refractivity contribution in [1.82, 2.24) is 0 Å². The van der Waals surface area contributed by atoms with Crippen molar-refractivity contribution in [3.63, 3.8) is 0 Å². The summed E-state index contributed by atoms with van der Waals surface area (Å²) in [6.07, 6.45) is 9.50. The van der Waals surface area contributed by atoms with E-state index < -0.39 is 8.07 Å². The zero-order valence-corrected chi connectivity index (χ0v) is 25.7. The quantitative estimate of drug-likeness (QED) is 0.338. The van der Waals surface area contributed by atoms with Gasteiger partial charge in [0.1, 0.15) is 0 Å². The van der Waals surface area contributed by atoms with Crippen LogP contribution in [0, 0.1) is 23.0 Å². The number of allylic oxidation sites excluding steroid dienone is 8. The zero-order chi connectivity index (χ0) is 19.2. The molecule has 0 N–H and O–H groups in total. The molecule has 0 aromatic carbocycles. The Balaban J connectivity index is 0. The fourth-order valence-electron chi connectivity index (χ4n) is 4.91. The molecular formula is C24H38Cl2HfSi. The summed E-state index contributed by atoms with van der Waals surface area (Å²) in [6.45, 7) is 23.8. The van der Waals surface area contributed by atoms with Crippen molar-refractivity contribution in [3.8, 4) is 0 Å². The first-order valence-electron chi connectivity index (χ1n) is 10.0. The predicted octanol–water partition coefficient (Wildman–Crippen LogP) is 1.55. The summed E-state index contributed by atoms with van der Waals surface area (Å²) in [7, 11) is -1.79. The molecule has 0 aliphatic heterocycles.